The number of nitrogens with two attached hydrogens (primary N) is 1. The highest BCUT2D eigenvalue weighted by atomic mass is 16.2. The van der Waals surface area contributed by atoms with E-state index < -0.39 is 11.2 Å². The average molecular weight is 280 g/mol. The van der Waals surface area contributed by atoms with Crippen molar-refractivity contribution in [2.75, 3.05) is 6.54 Å². The van der Waals surface area contributed by atoms with Gasteiger partial charge in [0, 0.05) is 31.4 Å². The van der Waals surface area contributed by atoms with Crippen LogP contribution in [0, 0.1) is 0 Å². The Balaban J connectivity index is 2.09. The number of hydrogen-bond acceptors (Lipinski definition) is 4. The number of aromatic nitrogens is 2. The summed E-state index contributed by atoms with van der Waals surface area (Å²) in [6, 6.07) is 1.49. The molecule has 2 rings (SSSR count). The fourth-order valence-electron chi connectivity index (χ4n) is 2.51. The molecule has 0 unspecified atom stereocenters. The number of nitrogens with one attached hydrogen (secondary N) is 1. The van der Waals surface area contributed by atoms with Crippen molar-refractivity contribution in [3.05, 3.63) is 33.1 Å². The van der Waals surface area contributed by atoms with E-state index >= 15 is 0 Å². The third-order valence-electron chi connectivity index (χ3n) is 3.53. The number of carbonyl (C=O) groups is 1. The van der Waals surface area contributed by atoms with Crippen LogP contribution in [0.25, 0.3) is 0 Å². The van der Waals surface area contributed by atoms with E-state index in [4.69, 9.17) is 5.73 Å². The summed E-state index contributed by atoms with van der Waals surface area (Å²) in [5.41, 5.74) is 4.48. The summed E-state index contributed by atoms with van der Waals surface area (Å²) >= 11 is 0. The van der Waals surface area contributed by atoms with Gasteiger partial charge in [-0.1, -0.05) is 12.8 Å². The van der Waals surface area contributed by atoms with E-state index in [-0.39, 0.29) is 31.6 Å². The van der Waals surface area contributed by atoms with Gasteiger partial charge in [0.15, 0.2) is 0 Å². The zero-order valence-corrected chi connectivity index (χ0v) is 11.4. The highest BCUT2D eigenvalue weighted by molar-refractivity contribution is 5.76. The monoisotopic (exact) mass is 280 g/mol. The van der Waals surface area contributed by atoms with Crippen LogP contribution in [0.3, 0.4) is 0 Å². The number of nitrogens with zero attached hydrogens (tertiary/aromatic N) is 2. The lowest BCUT2D eigenvalue weighted by Gasteiger charge is -2.13. The average Bonchev–Trinajstić information content (AvgIpc) is 2.91. The molecule has 1 amide bonds. The molecule has 1 aromatic rings. The van der Waals surface area contributed by atoms with Crippen LogP contribution >= 0.6 is 0 Å². The third kappa shape index (κ3) is 3.36. The lowest BCUT2D eigenvalue weighted by Crippen LogP contribution is -2.43. The van der Waals surface area contributed by atoms with E-state index in [0.717, 1.165) is 30.3 Å². The van der Waals surface area contributed by atoms with Gasteiger partial charge in [-0.2, -0.15) is 0 Å². The molecule has 0 saturated heterocycles. The minimum Gasteiger partial charge on any atom is -0.352 e. The summed E-state index contributed by atoms with van der Waals surface area (Å²) in [5, 5.41) is 2.91. The second kappa shape index (κ2) is 6.51. The fraction of sp³-hybridized carbons (Fsp3) is 0.615. The Kier molecular flexibility index (Phi) is 4.73. The summed E-state index contributed by atoms with van der Waals surface area (Å²) in [7, 11) is 0. The van der Waals surface area contributed by atoms with Gasteiger partial charge in [0.25, 0.3) is 5.56 Å². The number of amides is 1. The Morgan fingerprint density at radius 3 is 2.70 bits per heavy atom. The first-order chi connectivity index (χ1) is 9.61. The first-order valence-corrected chi connectivity index (χ1v) is 6.91. The van der Waals surface area contributed by atoms with Crippen molar-refractivity contribution < 1.29 is 4.79 Å². The molecule has 1 saturated carbocycles. The highest BCUT2D eigenvalue weighted by Crippen LogP contribution is 2.17. The maximum Gasteiger partial charge on any atom is 0.331 e. The Bertz CT molecular complexity index is 584. The van der Waals surface area contributed by atoms with Crippen LogP contribution in [0.15, 0.2) is 21.9 Å². The van der Waals surface area contributed by atoms with Crippen molar-refractivity contribution in [3.63, 3.8) is 0 Å². The maximum atomic E-state index is 12.0. The SMILES string of the molecule is NCCn1c(=O)ccn(CC(=O)NC2CCCC2)c1=O. The van der Waals surface area contributed by atoms with Crippen molar-refractivity contribution in [2.24, 2.45) is 5.73 Å². The molecule has 1 aliphatic rings. The molecular formula is C13H20N4O3. The molecule has 3 N–H and O–H groups in total. The molecule has 1 heterocycles. The molecule has 0 bridgehead atoms. The van der Waals surface area contributed by atoms with Crippen LogP contribution in [0.4, 0.5) is 0 Å². The van der Waals surface area contributed by atoms with Gasteiger partial charge in [0.2, 0.25) is 5.91 Å². The molecule has 1 aromatic heterocycles. The van der Waals surface area contributed by atoms with Gasteiger partial charge in [-0.15, -0.1) is 0 Å². The number of hydrogen-bond donors (Lipinski definition) is 2. The van der Waals surface area contributed by atoms with Gasteiger partial charge >= 0.3 is 5.69 Å². The van der Waals surface area contributed by atoms with Gasteiger partial charge in [-0.25, -0.2) is 4.79 Å². The second-order valence-corrected chi connectivity index (χ2v) is 5.05. The van der Waals surface area contributed by atoms with E-state index in [2.05, 4.69) is 5.32 Å². The quantitative estimate of drug-likeness (QED) is 0.724. The lowest BCUT2D eigenvalue weighted by molar-refractivity contribution is -0.122. The molecule has 20 heavy (non-hydrogen) atoms. The van der Waals surface area contributed by atoms with Gasteiger partial charge < -0.3 is 11.1 Å². The normalized spacial score (nSPS) is 15.4. The Morgan fingerprint density at radius 1 is 1.35 bits per heavy atom. The Morgan fingerprint density at radius 2 is 2.05 bits per heavy atom. The van der Waals surface area contributed by atoms with Crippen LogP contribution in [-0.4, -0.2) is 27.6 Å². The summed E-state index contributed by atoms with van der Waals surface area (Å²) in [5.74, 6) is -0.197. The molecule has 1 aliphatic carbocycles. The van der Waals surface area contributed by atoms with E-state index in [1.165, 1.54) is 16.8 Å². The zero-order chi connectivity index (χ0) is 14.5. The number of carbonyl (C=O) groups excluding carboxylic acids is 1. The standard InChI is InChI=1S/C13H20N4O3/c14-6-8-17-12(19)5-7-16(13(17)20)9-11(18)15-10-3-1-2-4-10/h5,7,10H,1-4,6,8-9,14H2,(H,15,18). The summed E-state index contributed by atoms with van der Waals surface area (Å²) in [6.07, 6.45) is 5.60. The first-order valence-electron chi connectivity index (χ1n) is 6.91. The topological polar surface area (TPSA) is 99.1 Å². The van der Waals surface area contributed by atoms with Crippen LogP contribution in [0.2, 0.25) is 0 Å². The molecule has 7 nitrogen and oxygen atoms in total. The maximum absolute atomic E-state index is 12.0. The number of rotatable bonds is 5. The minimum absolute atomic E-state index is 0.0693. The molecule has 0 spiro atoms. The first kappa shape index (κ1) is 14.5. The van der Waals surface area contributed by atoms with E-state index in [9.17, 15) is 14.4 Å². The summed E-state index contributed by atoms with van der Waals surface area (Å²) in [4.78, 5) is 35.5. The van der Waals surface area contributed by atoms with Gasteiger partial charge in [-0.3, -0.25) is 18.7 Å². The molecule has 0 aromatic carbocycles. The van der Waals surface area contributed by atoms with Crippen LogP contribution in [0.1, 0.15) is 25.7 Å². The summed E-state index contributed by atoms with van der Waals surface area (Å²) < 4.78 is 2.28. The van der Waals surface area contributed by atoms with Crippen molar-refractivity contribution in [3.8, 4) is 0 Å². The molecule has 0 radical (unpaired) electrons. The predicted octanol–water partition coefficient (Wildman–Crippen LogP) is -0.972. The van der Waals surface area contributed by atoms with Gasteiger partial charge in [-0.05, 0) is 12.8 Å². The fourth-order valence-corrected chi connectivity index (χ4v) is 2.51. The van der Waals surface area contributed by atoms with E-state index in [1.807, 2.05) is 0 Å². The van der Waals surface area contributed by atoms with Crippen molar-refractivity contribution >= 4 is 5.91 Å². The van der Waals surface area contributed by atoms with Gasteiger partial charge in [0.05, 0.1) is 0 Å². The van der Waals surface area contributed by atoms with Crippen molar-refractivity contribution in [1.29, 1.82) is 0 Å². The molecule has 1 fully saturated rings. The predicted molar refractivity (Wildman–Crippen MR) is 74.4 cm³/mol. The van der Waals surface area contributed by atoms with E-state index in [0.29, 0.717) is 0 Å². The Hall–Kier alpha value is -1.89. The molecule has 7 heteroatoms. The second-order valence-electron chi connectivity index (χ2n) is 5.05. The molecule has 0 atom stereocenters. The van der Waals surface area contributed by atoms with Crippen LogP contribution in [0.5, 0.6) is 0 Å². The smallest absolute Gasteiger partial charge is 0.331 e. The molecule has 110 valence electrons. The summed E-state index contributed by atoms with van der Waals surface area (Å²) in [6.45, 7) is 0.288. The lowest BCUT2D eigenvalue weighted by atomic mass is 10.2. The van der Waals surface area contributed by atoms with Crippen molar-refractivity contribution in [2.45, 2.75) is 44.8 Å². The molecule has 0 aliphatic heterocycles. The van der Waals surface area contributed by atoms with Gasteiger partial charge in [0.1, 0.15) is 6.54 Å². The van der Waals surface area contributed by atoms with Crippen LogP contribution in [-0.2, 0) is 17.9 Å². The minimum atomic E-state index is -0.496. The largest absolute Gasteiger partial charge is 0.352 e. The Labute approximate surface area is 116 Å². The third-order valence-corrected chi connectivity index (χ3v) is 3.53. The highest BCUT2D eigenvalue weighted by Gasteiger charge is 2.17. The molecular weight excluding hydrogens is 260 g/mol. The zero-order valence-electron chi connectivity index (χ0n) is 11.4. The van der Waals surface area contributed by atoms with Crippen LogP contribution < -0.4 is 22.3 Å². The van der Waals surface area contributed by atoms with Crippen molar-refractivity contribution in [1.82, 2.24) is 14.5 Å². The van der Waals surface area contributed by atoms with E-state index in [1.54, 1.807) is 0 Å².